The monoisotopic (exact) mass is 156 g/mol. The van der Waals surface area contributed by atoms with Crippen LogP contribution in [0.1, 0.15) is 33.6 Å². The molecule has 0 aromatic heterocycles. The van der Waals surface area contributed by atoms with Crippen molar-refractivity contribution >= 4 is 0 Å². The molecule has 0 heterocycles. The van der Waals surface area contributed by atoms with Crippen LogP contribution in [0.4, 0.5) is 0 Å². The summed E-state index contributed by atoms with van der Waals surface area (Å²) in [4.78, 5) is 0. The van der Waals surface area contributed by atoms with Gasteiger partial charge in [-0.1, -0.05) is 0 Å². The predicted octanol–water partition coefficient (Wildman–Crippen LogP) is 1.11. The van der Waals surface area contributed by atoms with Crippen molar-refractivity contribution in [2.45, 2.75) is 45.2 Å². The fourth-order valence-corrected chi connectivity index (χ4v) is 1.42. The lowest BCUT2D eigenvalue weighted by Gasteiger charge is -2.27. The van der Waals surface area contributed by atoms with E-state index in [2.05, 4.69) is 26.1 Å². The Morgan fingerprint density at radius 3 is 2.27 bits per heavy atom. The maximum absolute atomic E-state index is 5.66. The zero-order valence-electron chi connectivity index (χ0n) is 7.85. The summed E-state index contributed by atoms with van der Waals surface area (Å²) in [7, 11) is 0. The summed E-state index contributed by atoms with van der Waals surface area (Å²) in [5.74, 6) is 0.860. The second-order valence-electron chi connectivity index (χ2n) is 4.57. The van der Waals surface area contributed by atoms with E-state index in [0.717, 1.165) is 12.5 Å². The third kappa shape index (κ3) is 3.21. The van der Waals surface area contributed by atoms with E-state index < -0.39 is 0 Å². The second kappa shape index (κ2) is 3.11. The average Bonchev–Trinajstić information content (AvgIpc) is 2.61. The van der Waals surface area contributed by atoms with E-state index in [1.54, 1.807) is 0 Å². The van der Waals surface area contributed by atoms with Gasteiger partial charge in [-0.15, -0.1) is 0 Å². The highest BCUT2D eigenvalue weighted by Gasteiger charge is 2.32. The summed E-state index contributed by atoms with van der Waals surface area (Å²) in [6, 6.07) is 0.551. The molecule has 0 spiro atoms. The SMILES string of the molecule is CC(C)(C)NC(CN)C1CC1. The third-order valence-corrected chi connectivity index (χ3v) is 2.06. The standard InChI is InChI=1S/C9H20N2/c1-9(2,3)11-8(6-10)7-4-5-7/h7-8,11H,4-6,10H2,1-3H3. The van der Waals surface area contributed by atoms with Crippen molar-refractivity contribution in [2.24, 2.45) is 11.7 Å². The van der Waals surface area contributed by atoms with Crippen LogP contribution in [0.3, 0.4) is 0 Å². The highest BCUT2D eigenvalue weighted by Crippen LogP contribution is 2.32. The molecule has 2 nitrogen and oxygen atoms in total. The minimum Gasteiger partial charge on any atom is -0.329 e. The molecule has 0 aromatic rings. The summed E-state index contributed by atoms with van der Waals surface area (Å²) in [6.45, 7) is 7.36. The lowest BCUT2D eigenvalue weighted by Crippen LogP contribution is -2.48. The number of hydrogen-bond donors (Lipinski definition) is 2. The molecule has 66 valence electrons. The molecule has 0 amide bonds. The molecule has 11 heavy (non-hydrogen) atoms. The molecule has 0 bridgehead atoms. The quantitative estimate of drug-likeness (QED) is 0.642. The van der Waals surface area contributed by atoms with Gasteiger partial charge in [-0.25, -0.2) is 0 Å². The van der Waals surface area contributed by atoms with Crippen LogP contribution in [0.2, 0.25) is 0 Å². The molecule has 1 saturated carbocycles. The van der Waals surface area contributed by atoms with Crippen LogP contribution in [0.25, 0.3) is 0 Å². The van der Waals surface area contributed by atoms with Crippen LogP contribution >= 0.6 is 0 Å². The molecular formula is C9H20N2. The van der Waals surface area contributed by atoms with E-state index in [0.29, 0.717) is 6.04 Å². The maximum atomic E-state index is 5.66. The first kappa shape index (κ1) is 9.01. The molecular weight excluding hydrogens is 136 g/mol. The lowest BCUT2D eigenvalue weighted by molar-refractivity contribution is 0.338. The third-order valence-electron chi connectivity index (χ3n) is 2.06. The van der Waals surface area contributed by atoms with Gasteiger partial charge in [0.25, 0.3) is 0 Å². The number of rotatable bonds is 3. The van der Waals surface area contributed by atoms with Crippen molar-refractivity contribution < 1.29 is 0 Å². The second-order valence-corrected chi connectivity index (χ2v) is 4.57. The number of hydrogen-bond acceptors (Lipinski definition) is 2. The molecule has 0 radical (unpaired) electrons. The molecule has 1 unspecified atom stereocenters. The van der Waals surface area contributed by atoms with E-state index >= 15 is 0 Å². The van der Waals surface area contributed by atoms with Gasteiger partial charge >= 0.3 is 0 Å². The normalized spacial score (nSPS) is 21.8. The van der Waals surface area contributed by atoms with E-state index in [-0.39, 0.29) is 5.54 Å². The Morgan fingerprint density at radius 1 is 1.45 bits per heavy atom. The summed E-state index contributed by atoms with van der Waals surface area (Å²) in [5.41, 5.74) is 5.87. The zero-order chi connectivity index (χ0) is 8.48. The van der Waals surface area contributed by atoms with Gasteiger partial charge in [0.05, 0.1) is 0 Å². The Labute approximate surface area is 69.5 Å². The first-order valence-electron chi connectivity index (χ1n) is 4.51. The predicted molar refractivity (Wildman–Crippen MR) is 48.5 cm³/mol. The van der Waals surface area contributed by atoms with E-state index in [9.17, 15) is 0 Å². The molecule has 2 heteroatoms. The Balaban J connectivity index is 2.31. The molecule has 1 rings (SSSR count). The molecule has 1 aliphatic rings. The van der Waals surface area contributed by atoms with Crippen molar-refractivity contribution in [1.82, 2.24) is 5.32 Å². The van der Waals surface area contributed by atoms with Crippen molar-refractivity contribution in [3.8, 4) is 0 Å². The number of nitrogens with two attached hydrogens (primary N) is 1. The molecule has 3 N–H and O–H groups in total. The molecule has 0 aromatic carbocycles. The van der Waals surface area contributed by atoms with Crippen LogP contribution in [0.5, 0.6) is 0 Å². The van der Waals surface area contributed by atoms with E-state index in [4.69, 9.17) is 5.73 Å². The smallest absolute Gasteiger partial charge is 0.0223 e. The van der Waals surface area contributed by atoms with Crippen LogP contribution < -0.4 is 11.1 Å². The highest BCUT2D eigenvalue weighted by molar-refractivity contribution is 4.90. The summed E-state index contributed by atoms with van der Waals surface area (Å²) >= 11 is 0. The van der Waals surface area contributed by atoms with Gasteiger partial charge in [-0.3, -0.25) is 0 Å². The largest absolute Gasteiger partial charge is 0.329 e. The van der Waals surface area contributed by atoms with E-state index in [1.165, 1.54) is 12.8 Å². The lowest BCUT2D eigenvalue weighted by atomic mass is 10.0. The fourth-order valence-electron chi connectivity index (χ4n) is 1.42. The minimum atomic E-state index is 0.215. The molecule has 1 atom stereocenters. The first-order chi connectivity index (χ1) is 5.03. The van der Waals surface area contributed by atoms with Crippen molar-refractivity contribution in [1.29, 1.82) is 0 Å². The number of nitrogens with one attached hydrogen (secondary N) is 1. The van der Waals surface area contributed by atoms with Gasteiger partial charge in [0.1, 0.15) is 0 Å². The average molecular weight is 156 g/mol. The molecule has 0 aliphatic heterocycles. The van der Waals surface area contributed by atoms with Crippen molar-refractivity contribution in [2.75, 3.05) is 6.54 Å². The van der Waals surface area contributed by atoms with Gasteiger partial charge in [0.15, 0.2) is 0 Å². The Kier molecular flexibility index (Phi) is 2.55. The summed E-state index contributed by atoms with van der Waals surface area (Å²) in [5, 5.41) is 3.54. The van der Waals surface area contributed by atoms with Crippen LogP contribution in [-0.2, 0) is 0 Å². The van der Waals surface area contributed by atoms with E-state index in [1.807, 2.05) is 0 Å². The molecule has 1 aliphatic carbocycles. The summed E-state index contributed by atoms with van der Waals surface area (Å²) < 4.78 is 0. The first-order valence-corrected chi connectivity index (χ1v) is 4.51. The summed E-state index contributed by atoms with van der Waals surface area (Å²) in [6.07, 6.45) is 2.73. The minimum absolute atomic E-state index is 0.215. The highest BCUT2D eigenvalue weighted by atomic mass is 15.0. The fraction of sp³-hybridized carbons (Fsp3) is 1.00. The van der Waals surface area contributed by atoms with Gasteiger partial charge in [-0.05, 0) is 39.5 Å². The Bertz CT molecular complexity index is 122. The molecule has 1 fully saturated rings. The van der Waals surface area contributed by atoms with Gasteiger partial charge in [0.2, 0.25) is 0 Å². The van der Waals surface area contributed by atoms with Crippen molar-refractivity contribution in [3.05, 3.63) is 0 Å². The molecule has 0 saturated heterocycles. The topological polar surface area (TPSA) is 38.0 Å². The van der Waals surface area contributed by atoms with Crippen LogP contribution in [0, 0.1) is 5.92 Å². The maximum Gasteiger partial charge on any atom is 0.0223 e. The van der Waals surface area contributed by atoms with Crippen molar-refractivity contribution in [3.63, 3.8) is 0 Å². The Hall–Kier alpha value is -0.0800. The van der Waals surface area contributed by atoms with Gasteiger partial charge in [-0.2, -0.15) is 0 Å². The van der Waals surface area contributed by atoms with Gasteiger partial charge in [0, 0.05) is 18.1 Å². The van der Waals surface area contributed by atoms with Gasteiger partial charge < -0.3 is 11.1 Å². The zero-order valence-corrected chi connectivity index (χ0v) is 7.85. The Morgan fingerprint density at radius 2 is 2.00 bits per heavy atom. The van der Waals surface area contributed by atoms with Crippen LogP contribution in [-0.4, -0.2) is 18.1 Å². The van der Waals surface area contributed by atoms with Crippen LogP contribution in [0.15, 0.2) is 0 Å².